The topological polar surface area (TPSA) is 54.6 Å². The minimum Gasteiger partial charge on any atom is -0.429 e. The Morgan fingerprint density at radius 1 is 1.50 bits per heavy atom. The lowest BCUT2D eigenvalue weighted by Gasteiger charge is -1.83. The summed E-state index contributed by atoms with van der Waals surface area (Å²) >= 11 is 0. The average Bonchev–Trinajstić information content (AvgIpc) is 2.35. The summed E-state index contributed by atoms with van der Waals surface area (Å²) in [5.74, 6) is -0.289. The molecule has 1 aromatic rings. The van der Waals surface area contributed by atoms with E-state index in [1.165, 1.54) is 18.6 Å². The third kappa shape index (κ3) is 0.500. The van der Waals surface area contributed by atoms with Crippen LogP contribution < -0.4 is 0 Å². The number of hydrogen-bond donors (Lipinski definition) is 1. The van der Waals surface area contributed by atoms with Crippen LogP contribution in [0, 0.1) is 0 Å². The van der Waals surface area contributed by atoms with E-state index in [0.717, 1.165) is 4.73 Å². The zero-order valence-corrected chi connectivity index (χ0v) is 4.98. The van der Waals surface area contributed by atoms with Crippen molar-refractivity contribution in [2.75, 3.05) is 0 Å². The van der Waals surface area contributed by atoms with Gasteiger partial charge in [0.2, 0.25) is 0 Å². The van der Waals surface area contributed by atoms with Crippen LogP contribution in [0.3, 0.4) is 0 Å². The molecule has 1 aliphatic rings. The number of fused-ring (bicyclic) bond motifs is 1. The molecule has 0 aliphatic carbocycles. The number of aromatic nitrogens is 1. The highest BCUT2D eigenvalue weighted by Crippen LogP contribution is 2.13. The third-order valence-electron chi connectivity index (χ3n) is 1.40. The Labute approximate surface area is 56.4 Å². The van der Waals surface area contributed by atoms with Crippen LogP contribution in [0.4, 0.5) is 0 Å². The molecule has 0 saturated carbocycles. The van der Waals surface area contributed by atoms with Crippen LogP contribution >= 0.6 is 0 Å². The Hall–Kier alpha value is -1.58. The molecule has 0 atom stereocenters. The van der Waals surface area contributed by atoms with E-state index in [2.05, 4.69) is 4.99 Å². The van der Waals surface area contributed by atoms with Crippen LogP contribution in [0.15, 0.2) is 17.4 Å². The lowest BCUT2D eigenvalue weighted by Crippen LogP contribution is -1.88. The van der Waals surface area contributed by atoms with E-state index in [1.807, 2.05) is 0 Å². The monoisotopic (exact) mass is 136 g/mol. The normalized spacial score (nSPS) is 14.2. The van der Waals surface area contributed by atoms with Crippen molar-refractivity contribution in [2.45, 2.75) is 0 Å². The Kier molecular flexibility index (Phi) is 0.768. The van der Waals surface area contributed by atoms with E-state index in [9.17, 15) is 4.79 Å². The second-order valence-corrected chi connectivity index (χ2v) is 2.07. The molecule has 1 amide bonds. The average molecular weight is 136 g/mol. The van der Waals surface area contributed by atoms with E-state index < -0.39 is 0 Å². The summed E-state index contributed by atoms with van der Waals surface area (Å²) in [6.45, 7) is 0. The molecular formula is C6H4N2O2. The van der Waals surface area contributed by atoms with Gasteiger partial charge in [0.05, 0.1) is 18.0 Å². The molecule has 4 nitrogen and oxygen atoms in total. The molecule has 1 N–H and O–H groups in total. The number of nitrogens with zero attached hydrogens (tertiary/aromatic N) is 2. The van der Waals surface area contributed by atoms with Crippen molar-refractivity contribution in [3.63, 3.8) is 0 Å². The molecule has 1 aromatic heterocycles. The van der Waals surface area contributed by atoms with E-state index in [-0.39, 0.29) is 5.91 Å². The van der Waals surface area contributed by atoms with Crippen LogP contribution in [0.25, 0.3) is 0 Å². The molecule has 1 aliphatic heterocycles. The molecule has 0 fully saturated rings. The van der Waals surface area contributed by atoms with Gasteiger partial charge in [-0.2, -0.15) is 0 Å². The zero-order valence-electron chi connectivity index (χ0n) is 4.98. The summed E-state index contributed by atoms with van der Waals surface area (Å²) in [5.41, 5.74) is 1.13. The number of hydrogen-bond acceptors (Lipinski definition) is 2. The molecule has 0 saturated heterocycles. The van der Waals surface area contributed by atoms with Crippen molar-refractivity contribution >= 4 is 12.1 Å². The van der Waals surface area contributed by atoms with Gasteiger partial charge in [0.15, 0.2) is 0 Å². The smallest absolute Gasteiger partial charge is 0.279 e. The fourth-order valence-corrected chi connectivity index (χ4v) is 0.935. The predicted molar refractivity (Wildman–Crippen MR) is 33.5 cm³/mol. The summed E-state index contributed by atoms with van der Waals surface area (Å²) in [7, 11) is 0. The highest BCUT2D eigenvalue weighted by atomic mass is 16.5. The Balaban J connectivity index is 2.68. The summed E-state index contributed by atoms with van der Waals surface area (Å²) in [4.78, 5) is 14.3. The number of carbonyl (C=O) groups excluding carboxylic acids is 1. The van der Waals surface area contributed by atoms with Crippen LogP contribution in [0.1, 0.15) is 15.9 Å². The molecule has 0 radical (unpaired) electrons. The third-order valence-corrected chi connectivity index (χ3v) is 1.40. The highest BCUT2D eigenvalue weighted by molar-refractivity contribution is 6.12. The summed E-state index contributed by atoms with van der Waals surface area (Å²) in [5, 5.41) is 8.82. The summed E-state index contributed by atoms with van der Waals surface area (Å²) in [6.07, 6.45) is 4.21. The number of carbonyl (C=O) groups is 1. The molecule has 2 rings (SSSR count). The van der Waals surface area contributed by atoms with Gasteiger partial charge in [0.1, 0.15) is 0 Å². The Morgan fingerprint density at radius 2 is 2.30 bits per heavy atom. The van der Waals surface area contributed by atoms with Crippen molar-refractivity contribution in [3.05, 3.63) is 23.5 Å². The minimum absolute atomic E-state index is 0.289. The number of rotatable bonds is 0. The van der Waals surface area contributed by atoms with Gasteiger partial charge in [-0.25, -0.2) is 9.72 Å². The lowest BCUT2D eigenvalue weighted by molar-refractivity contribution is 0.100. The van der Waals surface area contributed by atoms with Crippen molar-refractivity contribution in [1.82, 2.24) is 4.73 Å². The van der Waals surface area contributed by atoms with Gasteiger partial charge in [-0.1, -0.05) is 0 Å². The van der Waals surface area contributed by atoms with E-state index in [4.69, 9.17) is 5.21 Å². The van der Waals surface area contributed by atoms with Gasteiger partial charge in [-0.15, -0.1) is 0 Å². The minimum atomic E-state index is -0.289. The molecule has 4 heteroatoms. The quantitative estimate of drug-likeness (QED) is 0.521. The maximum Gasteiger partial charge on any atom is 0.279 e. The van der Waals surface area contributed by atoms with Gasteiger partial charge in [-0.3, -0.25) is 4.79 Å². The summed E-state index contributed by atoms with van der Waals surface area (Å²) < 4.78 is 0.855. The molecule has 0 bridgehead atoms. The maximum atomic E-state index is 10.8. The predicted octanol–water partition coefficient (Wildman–Crippen LogP) is 0.298. The molecule has 0 spiro atoms. The first kappa shape index (κ1) is 5.22. The number of amides is 1. The van der Waals surface area contributed by atoms with Crippen LogP contribution in [-0.2, 0) is 0 Å². The molecule has 50 valence electrons. The van der Waals surface area contributed by atoms with Gasteiger partial charge in [-0.05, 0) is 0 Å². The molecule has 0 unspecified atom stereocenters. The Morgan fingerprint density at radius 3 is 3.00 bits per heavy atom. The fourth-order valence-electron chi connectivity index (χ4n) is 0.935. The fraction of sp³-hybridized carbons (Fsp3) is 0. The standard InChI is InChI=1S/C6H4N2O2/c9-6-5-3-8(10)2-4(5)1-7-6/h1-3,10H. The van der Waals surface area contributed by atoms with Crippen LogP contribution in [0.2, 0.25) is 0 Å². The second kappa shape index (κ2) is 1.47. The maximum absolute atomic E-state index is 10.8. The second-order valence-electron chi connectivity index (χ2n) is 2.07. The van der Waals surface area contributed by atoms with E-state index in [1.54, 1.807) is 0 Å². The lowest BCUT2D eigenvalue weighted by atomic mass is 10.2. The molecule has 10 heavy (non-hydrogen) atoms. The highest BCUT2D eigenvalue weighted by Gasteiger charge is 2.17. The largest absolute Gasteiger partial charge is 0.429 e. The number of aliphatic imine (C=N–C) groups is 1. The van der Waals surface area contributed by atoms with Gasteiger partial charge in [0, 0.05) is 11.8 Å². The van der Waals surface area contributed by atoms with Crippen LogP contribution in [-0.4, -0.2) is 22.1 Å². The van der Waals surface area contributed by atoms with Crippen molar-refractivity contribution < 1.29 is 10.0 Å². The first-order chi connectivity index (χ1) is 4.77. The van der Waals surface area contributed by atoms with Crippen molar-refractivity contribution in [1.29, 1.82) is 0 Å². The summed E-state index contributed by atoms with van der Waals surface area (Å²) in [6, 6.07) is 0. The first-order valence-corrected chi connectivity index (χ1v) is 2.77. The zero-order chi connectivity index (χ0) is 7.14. The van der Waals surface area contributed by atoms with E-state index in [0.29, 0.717) is 11.1 Å². The Bertz CT molecular complexity index is 324. The van der Waals surface area contributed by atoms with Crippen molar-refractivity contribution in [2.24, 2.45) is 4.99 Å². The van der Waals surface area contributed by atoms with Gasteiger partial charge in [0.25, 0.3) is 5.91 Å². The first-order valence-electron chi connectivity index (χ1n) is 2.77. The van der Waals surface area contributed by atoms with E-state index >= 15 is 0 Å². The molecule has 0 aromatic carbocycles. The molecule has 2 heterocycles. The van der Waals surface area contributed by atoms with Crippen LogP contribution in [0.5, 0.6) is 0 Å². The SMILES string of the molecule is O=C1N=Cc2cn(O)cc21. The molecular weight excluding hydrogens is 132 g/mol. The van der Waals surface area contributed by atoms with Gasteiger partial charge >= 0.3 is 0 Å². The van der Waals surface area contributed by atoms with Gasteiger partial charge < -0.3 is 5.21 Å². The van der Waals surface area contributed by atoms with Crippen molar-refractivity contribution in [3.8, 4) is 0 Å².